The van der Waals surface area contributed by atoms with E-state index in [0.29, 0.717) is 5.69 Å². The number of nitro groups is 1. The Hall–Kier alpha value is -3.53. The highest BCUT2D eigenvalue weighted by atomic mass is 32.2. The van der Waals surface area contributed by atoms with Crippen LogP contribution in [0.1, 0.15) is 12.5 Å². The molecule has 9 nitrogen and oxygen atoms in total. The van der Waals surface area contributed by atoms with Gasteiger partial charge >= 0.3 is 0 Å². The molecule has 0 saturated heterocycles. The van der Waals surface area contributed by atoms with E-state index in [2.05, 4.69) is 5.32 Å². The van der Waals surface area contributed by atoms with Crippen molar-refractivity contribution in [2.24, 2.45) is 0 Å². The number of rotatable bonds is 6. The minimum atomic E-state index is -3.95. The molecular formula is C17H15N3O6S. The third-order valence-corrected chi connectivity index (χ3v) is 4.71. The van der Waals surface area contributed by atoms with Crippen molar-refractivity contribution in [1.29, 1.82) is 0 Å². The Bertz CT molecular complexity index is 1010. The number of nitrogens with zero attached hydrogens (tertiary/aromatic N) is 1. The summed E-state index contributed by atoms with van der Waals surface area (Å²) >= 11 is 0. The standard InChI is InChI=1S/C17H15N3O6S/c1-12(21)19-27(25,26)15-9-7-14(8-10-15)18-17(22)11-6-13-4-2-3-5-16(13)20(23)24/h2-11H,1H3,(H,18,22)(H,19,21). The second-order valence-corrected chi connectivity index (χ2v) is 7.01. The predicted molar refractivity (Wildman–Crippen MR) is 98.2 cm³/mol. The highest BCUT2D eigenvalue weighted by molar-refractivity contribution is 7.90. The van der Waals surface area contributed by atoms with Crippen LogP contribution in [0.5, 0.6) is 0 Å². The van der Waals surface area contributed by atoms with E-state index in [1.807, 2.05) is 4.72 Å². The van der Waals surface area contributed by atoms with Crippen molar-refractivity contribution in [2.75, 3.05) is 5.32 Å². The summed E-state index contributed by atoms with van der Waals surface area (Å²) in [5.74, 6) is -1.27. The van der Waals surface area contributed by atoms with Gasteiger partial charge in [-0.05, 0) is 36.4 Å². The monoisotopic (exact) mass is 389 g/mol. The number of amides is 2. The summed E-state index contributed by atoms with van der Waals surface area (Å²) in [5, 5.41) is 13.4. The van der Waals surface area contributed by atoms with E-state index in [9.17, 15) is 28.1 Å². The largest absolute Gasteiger partial charge is 0.323 e. The van der Waals surface area contributed by atoms with Gasteiger partial charge in [-0.1, -0.05) is 12.1 Å². The fraction of sp³-hybridized carbons (Fsp3) is 0.0588. The normalized spacial score (nSPS) is 11.1. The lowest BCUT2D eigenvalue weighted by Gasteiger charge is -2.06. The van der Waals surface area contributed by atoms with Crippen LogP contribution in [0.15, 0.2) is 59.5 Å². The van der Waals surface area contributed by atoms with E-state index >= 15 is 0 Å². The number of sulfonamides is 1. The number of para-hydroxylation sites is 1. The van der Waals surface area contributed by atoms with Crippen LogP contribution in [0, 0.1) is 10.1 Å². The Morgan fingerprint density at radius 3 is 2.30 bits per heavy atom. The van der Waals surface area contributed by atoms with E-state index in [1.165, 1.54) is 48.5 Å². The van der Waals surface area contributed by atoms with Crippen molar-refractivity contribution in [3.05, 3.63) is 70.3 Å². The maximum atomic E-state index is 12.0. The number of hydrogen-bond donors (Lipinski definition) is 2. The molecular weight excluding hydrogens is 374 g/mol. The van der Waals surface area contributed by atoms with Crippen LogP contribution in [0.25, 0.3) is 6.08 Å². The summed E-state index contributed by atoms with van der Waals surface area (Å²) < 4.78 is 25.5. The van der Waals surface area contributed by atoms with Crippen LogP contribution in [-0.4, -0.2) is 25.2 Å². The third kappa shape index (κ3) is 5.47. The molecule has 0 fully saturated rings. The number of nitrogens with one attached hydrogen (secondary N) is 2. The van der Waals surface area contributed by atoms with Crippen LogP contribution in [0.2, 0.25) is 0 Å². The molecule has 2 aromatic carbocycles. The van der Waals surface area contributed by atoms with Crippen molar-refractivity contribution in [3.63, 3.8) is 0 Å². The number of hydrogen-bond acceptors (Lipinski definition) is 6. The van der Waals surface area contributed by atoms with Crippen molar-refractivity contribution >= 4 is 39.3 Å². The molecule has 2 aromatic rings. The van der Waals surface area contributed by atoms with E-state index < -0.39 is 26.8 Å². The second-order valence-electron chi connectivity index (χ2n) is 5.32. The molecule has 10 heteroatoms. The van der Waals surface area contributed by atoms with Crippen LogP contribution in [-0.2, 0) is 19.6 Å². The summed E-state index contributed by atoms with van der Waals surface area (Å²) in [7, 11) is -3.95. The molecule has 0 aliphatic carbocycles. The van der Waals surface area contributed by atoms with Gasteiger partial charge in [-0.2, -0.15) is 0 Å². The highest BCUT2D eigenvalue weighted by Crippen LogP contribution is 2.19. The zero-order valence-corrected chi connectivity index (χ0v) is 14.9. The average Bonchev–Trinajstić information content (AvgIpc) is 2.59. The van der Waals surface area contributed by atoms with Gasteiger partial charge in [0.1, 0.15) is 0 Å². The summed E-state index contributed by atoms with van der Waals surface area (Å²) in [6.45, 7) is 1.08. The van der Waals surface area contributed by atoms with Crippen molar-refractivity contribution in [1.82, 2.24) is 4.72 Å². The van der Waals surface area contributed by atoms with Crippen LogP contribution < -0.4 is 10.0 Å². The van der Waals surface area contributed by atoms with Gasteiger partial charge in [0.15, 0.2) is 0 Å². The molecule has 140 valence electrons. The van der Waals surface area contributed by atoms with E-state index in [-0.39, 0.29) is 16.1 Å². The molecule has 0 radical (unpaired) electrons. The topological polar surface area (TPSA) is 135 Å². The van der Waals surface area contributed by atoms with Gasteiger partial charge < -0.3 is 5.32 Å². The Balaban J connectivity index is 2.09. The van der Waals surface area contributed by atoms with Crippen molar-refractivity contribution < 1.29 is 22.9 Å². The Kier molecular flexibility index (Phi) is 6.03. The van der Waals surface area contributed by atoms with Gasteiger partial charge in [-0.25, -0.2) is 13.1 Å². The summed E-state index contributed by atoms with van der Waals surface area (Å²) in [5.41, 5.74) is 0.456. The minimum Gasteiger partial charge on any atom is -0.323 e. The molecule has 2 N–H and O–H groups in total. The first-order valence-electron chi connectivity index (χ1n) is 7.55. The summed E-state index contributed by atoms with van der Waals surface area (Å²) in [4.78, 5) is 33.1. The lowest BCUT2D eigenvalue weighted by Crippen LogP contribution is -2.28. The second kappa shape index (κ2) is 8.23. The van der Waals surface area contributed by atoms with Gasteiger partial charge in [-0.15, -0.1) is 0 Å². The first-order chi connectivity index (χ1) is 12.7. The molecule has 0 bridgehead atoms. The Labute approximate surface area is 154 Å². The van der Waals surface area contributed by atoms with Gasteiger partial charge in [0.25, 0.3) is 15.7 Å². The molecule has 0 atom stereocenters. The number of benzene rings is 2. The summed E-state index contributed by atoms with van der Waals surface area (Å²) in [6, 6.07) is 11.1. The van der Waals surface area contributed by atoms with Crippen LogP contribution >= 0.6 is 0 Å². The first-order valence-corrected chi connectivity index (χ1v) is 9.03. The maximum Gasteiger partial charge on any atom is 0.276 e. The van der Waals surface area contributed by atoms with E-state index in [0.717, 1.165) is 13.0 Å². The highest BCUT2D eigenvalue weighted by Gasteiger charge is 2.15. The van der Waals surface area contributed by atoms with Gasteiger partial charge in [-0.3, -0.25) is 19.7 Å². The third-order valence-electron chi connectivity index (χ3n) is 3.26. The molecule has 0 aromatic heterocycles. The smallest absolute Gasteiger partial charge is 0.276 e. The number of nitro benzene ring substituents is 1. The Morgan fingerprint density at radius 2 is 1.70 bits per heavy atom. The molecule has 0 spiro atoms. The molecule has 2 amide bonds. The fourth-order valence-corrected chi connectivity index (χ4v) is 3.10. The van der Waals surface area contributed by atoms with Crippen molar-refractivity contribution in [3.8, 4) is 0 Å². The van der Waals surface area contributed by atoms with Crippen LogP contribution in [0.4, 0.5) is 11.4 Å². The number of carbonyl (C=O) groups is 2. The number of anilines is 1. The zero-order valence-electron chi connectivity index (χ0n) is 14.1. The quantitative estimate of drug-likeness (QED) is 0.441. The van der Waals surface area contributed by atoms with E-state index in [4.69, 9.17) is 0 Å². The molecule has 27 heavy (non-hydrogen) atoms. The minimum absolute atomic E-state index is 0.130. The lowest BCUT2D eigenvalue weighted by molar-refractivity contribution is -0.385. The Morgan fingerprint density at radius 1 is 1.07 bits per heavy atom. The lowest BCUT2D eigenvalue weighted by atomic mass is 10.1. The maximum absolute atomic E-state index is 12.0. The first kappa shape index (κ1) is 19.8. The predicted octanol–water partition coefficient (Wildman–Crippen LogP) is 2.07. The molecule has 0 heterocycles. The molecule has 0 aliphatic heterocycles. The zero-order chi connectivity index (χ0) is 20.0. The van der Waals surface area contributed by atoms with Crippen molar-refractivity contribution in [2.45, 2.75) is 11.8 Å². The molecule has 0 aliphatic rings. The van der Waals surface area contributed by atoms with Gasteiger partial charge in [0.2, 0.25) is 11.8 Å². The average molecular weight is 389 g/mol. The number of carbonyl (C=O) groups excluding carboxylic acids is 2. The van der Waals surface area contributed by atoms with Gasteiger partial charge in [0, 0.05) is 24.8 Å². The molecule has 0 unspecified atom stereocenters. The molecule has 0 saturated carbocycles. The van der Waals surface area contributed by atoms with Crippen LogP contribution in [0.3, 0.4) is 0 Å². The summed E-state index contributed by atoms with van der Waals surface area (Å²) in [6.07, 6.45) is 2.44. The van der Waals surface area contributed by atoms with Gasteiger partial charge in [0.05, 0.1) is 15.4 Å². The SMILES string of the molecule is CC(=O)NS(=O)(=O)c1ccc(NC(=O)C=Cc2ccccc2[N+](=O)[O-])cc1. The fourth-order valence-electron chi connectivity index (χ4n) is 2.11. The molecule has 2 rings (SSSR count). The van der Waals surface area contributed by atoms with E-state index in [1.54, 1.807) is 6.07 Å².